The molecule has 0 bridgehead atoms. The molecular weight excluding hydrogens is 164 g/mol. The number of nitrogens with one attached hydrogen (secondary N) is 1. The van der Waals surface area contributed by atoms with Crippen LogP contribution in [0.15, 0.2) is 0 Å². The Bertz CT molecular complexity index is 185. The first-order valence-corrected chi connectivity index (χ1v) is 5.06. The molecule has 3 N–H and O–H groups in total. The van der Waals surface area contributed by atoms with E-state index in [1.165, 1.54) is 6.42 Å². The van der Waals surface area contributed by atoms with Gasteiger partial charge in [0.2, 0.25) is 5.91 Å². The Balaban J connectivity index is 2.36. The molecule has 1 fully saturated rings. The Labute approximate surface area is 80.1 Å². The van der Waals surface area contributed by atoms with Crippen LogP contribution in [0.25, 0.3) is 0 Å². The molecule has 1 rings (SSSR count). The monoisotopic (exact) mass is 184 g/mol. The van der Waals surface area contributed by atoms with Crippen molar-refractivity contribution < 1.29 is 4.79 Å². The van der Waals surface area contributed by atoms with Gasteiger partial charge in [-0.2, -0.15) is 0 Å². The lowest BCUT2D eigenvalue weighted by atomic mass is 9.66. The van der Waals surface area contributed by atoms with E-state index in [9.17, 15) is 4.79 Å². The summed E-state index contributed by atoms with van der Waals surface area (Å²) < 4.78 is 0. The predicted octanol–water partition coefficient (Wildman–Crippen LogP) is 1.03. The molecule has 0 aromatic heterocycles. The highest BCUT2D eigenvalue weighted by atomic mass is 16.1. The van der Waals surface area contributed by atoms with E-state index >= 15 is 0 Å². The van der Waals surface area contributed by atoms with Crippen LogP contribution in [-0.2, 0) is 4.79 Å². The standard InChI is InChI=1S/C10H20N2O/c1-8(2)12-7-10(4-3-5-10)6-9(11)13/h8,12H,3-7H2,1-2H3,(H2,11,13). The third-order valence-corrected chi connectivity index (χ3v) is 2.85. The van der Waals surface area contributed by atoms with Crippen molar-refractivity contribution in [2.24, 2.45) is 11.1 Å². The quantitative estimate of drug-likeness (QED) is 0.670. The van der Waals surface area contributed by atoms with Crippen molar-refractivity contribution in [3.63, 3.8) is 0 Å². The molecule has 0 spiro atoms. The number of nitrogens with two attached hydrogens (primary N) is 1. The van der Waals surface area contributed by atoms with Gasteiger partial charge in [0.1, 0.15) is 0 Å². The Hall–Kier alpha value is -0.570. The zero-order valence-electron chi connectivity index (χ0n) is 8.60. The van der Waals surface area contributed by atoms with Gasteiger partial charge in [-0.25, -0.2) is 0 Å². The zero-order chi connectivity index (χ0) is 9.90. The van der Waals surface area contributed by atoms with Gasteiger partial charge in [-0.15, -0.1) is 0 Å². The van der Waals surface area contributed by atoms with Gasteiger partial charge < -0.3 is 11.1 Å². The topological polar surface area (TPSA) is 55.1 Å². The van der Waals surface area contributed by atoms with Crippen LogP contribution in [0.4, 0.5) is 0 Å². The molecule has 1 aliphatic rings. The minimum Gasteiger partial charge on any atom is -0.370 e. The van der Waals surface area contributed by atoms with E-state index < -0.39 is 0 Å². The van der Waals surface area contributed by atoms with Crippen molar-refractivity contribution in [3.8, 4) is 0 Å². The smallest absolute Gasteiger partial charge is 0.218 e. The molecule has 0 heterocycles. The van der Waals surface area contributed by atoms with Gasteiger partial charge >= 0.3 is 0 Å². The Morgan fingerprint density at radius 2 is 2.15 bits per heavy atom. The Kier molecular flexibility index (Phi) is 3.31. The second kappa shape index (κ2) is 4.09. The van der Waals surface area contributed by atoms with Crippen LogP contribution in [0.1, 0.15) is 39.5 Å². The fourth-order valence-corrected chi connectivity index (χ4v) is 1.88. The maximum Gasteiger partial charge on any atom is 0.218 e. The maximum absolute atomic E-state index is 10.8. The molecule has 0 atom stereocenters. The zero-order valence-corrected chi connectivity index (χ0v) is 8.60. The van der Waals surface area contributed by atoms with Gasteiger partial charge in [-0.3, -0.25) is 4.79 Å². The van der Waals surface area contributed by atoms with E-state index in [1.807, 2.05) is 0 Å². The molecule has 1 saturated carbocycles. The molecule has 13 heavy (non-hydrogen) atoms. The molecule has 76 valence electrons. The molecule has 1 aliphatic carbocycles. The number of hydrogen-bond acceptors (Lipinski definition) is 2. The Morgan fingerprint density at radius 1 is 1.54 bits per heavy atom. The van der Waals surface area contributed by atoms with Crippen LogP contribution in [-0.4, -0.2) is 18.5 Å². The van der Waals surface area contributed by atoms with Crippen LogP contribution in [0, 0.1) is 5.41 Å². The second-order valence-corrected chi connectivity index (χ2v) is 4.53. The van der Waals surface area contributed by atoms with E-state index in [0.29, 0.717) is 12.5 Å². The van der Waals surface area contributed by atoms with Crippen molar-refractivity contribution in [1.29, 1.82) is 0 Å². The SMILES string of the molecule is CC(C)NCC1(CC(N)=O)CCC1. The van der Waals surface area contributed by atoms with E-state index in [0.717, 1.165) is 19.4 Å². The summed E-state index contributed by atoms with van der Waals surface area (Å²) in [5.74, 6) is -0.162. The molecule has 0 radical (unpaired) electrons. The highest BCUT2D eigenvalue weighted by molar-refractivity contribution is 5.74. The minimum absolute atomic E-state index is 0.162. The highest BCUT2D eigenvalue weighted by Gasteiger charge is 2.37. The van der Waals surface area contributed by atoms with Crippen molar-refractivity contribution in [2.45, 2.75) is 45.6 Å². The van der Waals surface area contributed by atoms with Crippen LogP contribution in [0.2, 0.25) is 0 Å². The second-order valence-electron chi connectivity index (χ2n) is 4.53. The number of hydrogen-bond donors (Lipinski definition) is 2. The molecule has 0 aliphatic heterocycles. The average molecular weight is 184 g/mol. The summed E-state index contributed by atoms with van der Waals surface area (Å²) >= 11 is 0. The first kappa shape index (κ1) is 10.5. The number of carbonyl (C=O) groups excluding carboxylic acids is 1. The van der Waals surface area contributed by atoms with Gasteiger partial charge in [0.25, 0.3) is 0 Å². The predicted molar refractivity (Wildman–Crippen MR) is 53.2 cm³/mol. The summed E-state index contributed by atoms with van der Waals surface area (Å²) in [6.45, 7) is 5.18. The summed E-state index contributed by atoms with van der Waals surface area (Å²) in [4.78, 5) is 10.8. The average Bonchev–Trinajstić information content (AvgIpc) is 1.93. The highest BCUT2D eigenvalue weighted by Crippen LogP contribution is 2.43. The summed E-state index contributed by atoms with van der Waals surface area (Å²) in [5.41, 5.74) is 5.42. The molecule has 0 aromatic rings. The molecule has 1 amide bonds. The molecule has 3 nitrogen and oxygen atoms in total. The number of carbonyl (C=O) groups is 1. The van der Waals surface area contributed by atoms with E-state index in [1.54, 1.807) is 0 Å². The normalized spacial score (nSPS) is 19.9. The molecule has 0 saturated heterocycles. The number of primary amides is 1. The third-order valence-electron chi connectivity index (χ3n) is 2.85. The minimum atomic E-state index is -0.162. The van der Waals surface area contributed by atoms with E-state index in [2.05, 4.69) is 19.2 Å². The van der Waals surface area contributed by atoms with Gasteiger partial charge in [0, 0.05) is 19.0 Å². The van der Waals surface area contributed by atoms with Crippen molar-refractivity contribution >= 4 is 5.91 Å². The van der Waals surface area contributed by atoms with Crippen molar-refractivity contribution in [1.82, 2.24) is 5.32 Å². The van der Waals surface area contributed by atoms with Gasteiger partial charge in [0.05, 0.1) is 0 Å². The first-order valence-electron chi connectivity index (χ1n) is 5.06. The third kappa shape index (κ3) is 2.99. The summed E-state index contributed by atoms with van der Waals surface area (Å²) in [7, 11) is 0. The number of rotatable bonds is 5. The molecule has 0 aromatic carbocycles. The maximum atomic E-state index is 10.8. The van der Waals surface area contributed by atoms with Gasteiger partial charge in [0.15, 0.2) is 0 Å². The van der Waals surface area contributed by atoms with Crippen LogP contribution in [0.3, 0.4) is 0 Å². The lowest BCUT2D eigenvalue weighted by Gasteiger charge is -2.41. The molecular formula is C10H20N2O. The molecule has 3 heteroatoms. The summed E-state index contributed by atoms with van der Waals surface area (Å²) in [6, 6.07) is 0.491. The lowest BCUT2D eigenvalue weighted by Crippen LogP contribution is -2.44. The van der Waals surface area contributed by atoms with Crippen LogP contribution in [0.5, 0.6) is 0 Å². The summed E-state index contributed by atoms with van der Waals surface area (Å²) in [6.07, 6.45) is 4.09. The van der Waals surface area contributed by atoms with Gasteiger partial charge in [-0.05, 0) is 18.3 Å². The van der Waals surface area contributed by atoms with E-state index in [-0.39, 0.29) is 11.3 Å². The fourth-order valence-electron chi connectivity index (χ4n) is 1.88. The van der Waals surface area contributed by atoms with Gasteiger partial charge in [-0.1, -0.05) is 20.3 Å². The van der Waals surface area contributed by atoms with Crippen molar-refractivity contribution in [3.05, 3.63) is 0 Å². The first-order chi connectivity index (χ1) is 6.04. The lowest BCUT2D eigenvalue weighted by molar-refractivity contribution is -0.121. The largest absolute Gasteiger partial charge is 0.370 e. The molecule has 0 unspecified atom stereocenters. The fraction of sp³-hybridized carbons (Fsp3) is 0.900. The Morgan fingerprint density at radius 3 is 2.46 bits per heavy atom. The van der Waals surface area contributed by atoms with E-state index in [4.69, 9.17) is 5.73 Å². The van der Waals surface area contributed by atoms with Crippen molar-refractivity contribution in [2.75, 3.05) is 6.54 Å². The van der Waals surface area contributed by atoms with Crippen LogP contribution < -0.4 is 11.1 Å². The summed E-state index contributed by atoms with van der Waals surface area (Å²) in [5, 5.41) is 3.39. The number of amides is 1. The van der Waals surface area contributed by atoms with Crippen LogP contribution >= 0.6 is 0 Å².